The maximum atomic E-state index is 11.7. The van der Waals surface area contributed by atoms with Gasteiger partial charge in [-0.2, -0.15) is 5.10 Å². The summed E-state index contributed by atoms with van der Waals surface area (Å²) in [6.07, 6.45) is 0. The lowest BCUT2D eigenvalue weighted by Gasteiger charge is -2.15. The van der Waals surface area contributed by atoms with E-state index in [4.69, 9.17) is 5.11 Å². The van der Waals surface area contributed by atoms with Crippen LogP contribution in [-0.4, -0.2) is 26.8 Å². The zero-order valence-electron chi connectivity index (χ0n) is 11.8. The topological polar surface area (TPSA) is 84.2 Å². The lowest BCUT2D eigenvalue weighted by atomic mass is 10.1. The van der Waals surface area contributed by atoms with Crippen molar-refractivity contribution in [2.45, 2.75) is 26.4 Å². The predicted molar refractivity (Wildman–Crippen MR) is 75.3 cm³/mol. The van der Waals surface area contributed by atoms with Gasteiger partial charge in [0.2, 0.25) is 0 Å². The van der Waals surface area contributed by atoms with Crippen LogP contribution >= 0.6 is 0 Å². The Morgan fingerprint density at radius 3 is 2.67 bits per heavy atom. The van der Waals surface area contributed by atoms with E-state index in [1.54, 1.807) is 24.3 Å². The van der Waals surface area contributed by atoms with Gasteiger partial charge < -0.3 is 10.4 Å². The number of carboxylic acids is 1. The molecule has 2 N–H and O–H groups in total. The first-order valence-corrected chi connectivity index (χ1v) is 6.68. The third-order valence-electron chi connectivity index (χ3n) is 3.84. The van der Waals surface area contributed by atoms with Crippen molar-refractivity contribution in [1.29, 1.82) is 0 Å². The summed E-state index contributed by atoms with van der Waals surface area (Å²) in [6.45, 7) is 4.28. The van der Waals surface area contributed by atoms with E-state index in [2.05, 4.69) is 10.4 Å². The number of benzene rings is 1. The monoisotopic (exact) mass is 285 g/mol. The van der Waals surface area contributed by atoms with Crippen LogP contribution in [0.15, 0.2) is 24.3 Å². The van der Waals surface area contributed by atoms with Crippen molar-refractivity contribution in [2.75, 3.05) is 0 Å². The van der Waals surface area contributed by atoms with Crippen LogP contribution in [0.2, 0.25) is 0 Å². The standard InChI is InChI=1S/C15H15N3O3/c1-8-13-12(7-16-14(13)19)18(17-8)9(2)10-3-5-11(6-4-10)15(20)21/h3-6,9H,7H2,1-2H3,(H,16,19)(H,20,21). The van der Waals surface area contributed by atoms with Crippen LogP contribution in [0.5, 0.6) is 0 Å². The highest BCUT2D eigenvalue weighted by Crippen LogP contribution is 2.26. The molecule has 6 nitrogen and oxygen atoms in total. The first-order valence-electron chi connectivity index (χ1n) is 6.68. The van der Waals surface area contributed by atoms with Gasteiger partial charge in [-0.15, -0.1) is 0 Å². The van der Waals surface area contributed by atoms with E-state index < -0.39 is 5.97 Å². The van der Waals surface area contributed by atoms with Crippen LogP contribution in [-0.2, 0) is 6.54 Å². The Balaban J connectivity index is 1.98. The van der Waals surface area contributed by atoms with Gasteiger partial charge in [0.1, 0.15) is 0 Å². The lowest BCUT2D eigenvalue weighted by molar-refractivity contribution is 0.0696. The number of nitrogens with one attached hydrogen (secondary N) is 1. The van der Waals surface area contributed by atoms with Gasteiger partial charge in [0.15, 0.2) is 0 Å². The molecule has 0 bridgehead atoms. The Labute approximate surface area is 121 Å². The van der Waals surface area contributed by atoms with E-state index in [0.29, 0.717) is 17.8 Å². The smallest absolute Gasteiger partial charge is 0.335 e. The molecule has 1 aliphatic heterocycles. The van der Waals surface area contributed by atoms with Crippen molar-refractivity contribution in [2.24, 2.45) is 0 Å². The number of carbonyl (C=O) groups is 2. The number of nitrogens with zero attached hydrogens (tertiary/aromatic N) is 2. The fraction of sp³-hybridized carbons (Fsp3) is 0.267. The molecule has 2 aromatic rings. The maximum absolute atomic E-state index is 11.7. The highest BCUT2D eigenvalue weighted by molar-refractivity contribution is 5.98. The van der Waals surface area contributed by atoms with Gasteiger partial charge in [-0.1, -0.05) is 12.1 Å². The number of carboxylic acid groups (broad SMARTS) is 1. The SMILES string of the molecule is Cc1nn(C(C)c2ccc(C(=O)O)cc2)c2c1C(=O)NC2. The number of aromatic nitrogens is 2. The second-order valence-corrected chi connectivity index (χ2v) is 5.14. The number of rotatable bonds is 3. The average Bonchev–Trinajstić information content (AvgIpc) is 3.00. The van der Waals surface area contributed by atoms with Crippen molar-refractivity contribution in [3.05, 3.63) is 52.3 Å². The Hall–Kier alpha value is -2.63. The van der Waals surface area contributed by atoms with E-state index in [-0.39, 0.29) is 17.5 Å². The number of amides is 1. The zero-order valence-corrected chi connectivity index (χ0v) is 11.8. The summed E-state index contributed by atoms with van der Waals surface area (Å²) >= 11 is 0. The van der Waals surface area contributed by atoms with Crippen molar-refractivity contribution in [3.63, 3.8) is 0 Å². The number of hydrogen-bond acceptors (Lipinski definition) is 3. The third kappa shape index (κ3) is 2.08. The quantitative estimate of drug-likeness (QED) is 0.899. The summed E-state index contributed by atoms with van der Waals surface area (Å²) in [4.78, 5) is 22.6. The molecule has 1 unspecified atom stereocenters. The normalized spacial score (nSPS) is 14.7. The molecule has 1 aromatic heterocycles. The summed E-state index contributed by atoms with van der Waals surface area (Å²) in [5.74, 6) is -1.03. The first-order chi connectivity index (χ1) is 9.99. The van der Waals surface area contributed by atoms with Gasteiger partial charge in [-0.25, -0.2) is 4.79 Å². The van der Waals surface area contributed by atoms with Crippen molar-refractivity contribution < 1.29 is 14.7 Å². The summed E-state index contributed by atoms with van der Waals surface area (Å²) in [6, 6.07) is 6.65. The number of hydrogen-bond donors (Lipinski definition) is 2. The van der Waals surface area contributed by atoms with E-state index in [9.17, 15) is 9.59 Å². The largest absolute Gasteiger partial charge is 0.478 e. The van der Waals surface area contributed by atoms with Crippen LogP contribution in [0.1, 0.15) is 50.6 Å². The Bertz CT molecular complexity index is 731. The molecule has 1 amide bonds. The molecule has 0 spiro atoms. The lowest BCUT2D eigenvalue weighted by Crippen LogP contribution is -2.17. The number of carbonyl (C=O) groups excluding carboxylic acids is 1. The van der Waals surface area contributed by atoms with Crippen molar-refractivity contribution in [1.82, 2.24) is 15.1 Å². The van der Waals surface area contributed by atoms with E-state index in [1.165, 1.54) is 0 Å². The average molecular weight is 285 g/mol. The molecule has 0 saturated heterocycles. The fourth-order valence-electron chi connectivity index (χ4n) is 2.68. The molecular formula is C15H15N3O3. The summed E-state index contributed by atoms with van der Waals surface area (Å²) in [5.41, 5.74) is 3.46. The summed E-state index contributed by atoms with van der Waals surface area (Å²) in [5, 5.41) is 16.2. The van der Waals surface area contributed by atoms with Crippen molar-refractivity contribution >= 4 is 11.9 Å². The van der Waals surface area contributed by atoms with Gasteiger partial charge in [-0.3, -0.25) is 9.48 Å². The van der Waals surface area contributed by atoms with Gasteiger partial charge in [0.05, 0.1) is 35.1 Å². The highest BCUT2D eigenvalue weighted by atomic mass is 16.4. The highest BCUT2D eigenvalue weighted by Gasteiger charge is 2.29. The maximum Gasteiger partial charge on any atom is 0.335 e. The number of fused-ring (bicyclic) bond motifs is 1. The molecule has 3 rings (SSSR count). The summed E-state index contributed by atoms with van der Waals surface area (Å²) < 4.78 is 1.83. The minimum atomic E-state index is -0.945. The van der Waals surface area contributed by atoms with Crippen LogP contribution in [0.4, 0.5) is 0 Å². The van der Waals surface area contributed by atoms with Crippen LogP contribution in [0, 0.1) is 6.92 Å². The fourth-order valence-corrected chi connectivity index (χ4v) is 2.68. The molecule has 1 aliphatic rings. The van der Waals surface area contributed by atoms with Gasteiger partial charge in [0, 0.05) is 0 Å². The second kappa shape index (κ2) is 4.73. The molecule has 21 heavy (non-hydrogen) atoms. The number of aryl methyl sites for hydroxylation is 1. The minimum absolute atomic E-state index is 0.0667. The summed E-state index contributed by atoms with van der Waals surface area (Å²) in [7, 11) is 0. The second-order valence-electron chi connectivity index (χ2n) is 5.14. The van der Waals surface area contributed by atoms with Gasteiger partial charge in [0.25, 0.3) is 5.91 Å². The first kappa shape index (κ1) is 13.4. The Kier molecular flexibility index (Phi) is 3.01. The number of aromatic carboxylic acids is 1. The predicted octanol–water partition coefficient (Wildman–Crippen LogP) is 1.74. The van der Waals surface area contributed by atoms with Crippen LogP contribution in [0.3, 0.4) is 0 Å². The van der Waals surface area contributed by atoms with E-state index in [0.717, 1.165) is 11.3 Å². The molecule has 108 valence electrons. The van der Waals surface area contributed by atoms with E-state index >= 15 is 0 Å². The minimum Gasteiger partial charge on any atom is -0.478 e. The van der Waals surface area contributed by atoms with Crippen molar-refractivity contribution in [3.8, 4) is 0 Å². The zero-order chi connectivity index (χ0) is 15.1. The van der Waals surface area contributed by atoms with Crippen LogP contribution < -0.4 is 5.32 Å². The molecule has 0 radical (unpaired) electrons. The molecule has 0 aliphatic carbocycles. The molecule has 1 atom stereocenters. The molecule has 0 fully saturated rings. The molecular weight excluding hydrogens is 270 g/mol. The van der Waals surface area contributed by atoms with Crippen LogP contribution in [0.25, 0.3) is 0 Å². The van der Waals surface area contributed by atoms with E-state index in [1.807, 2.05) is 18.5 Å². The molecule has 6 heteroatoms. The third-order valence-corrected chi connectivity index (χ3v) is 3.84. The Morgan fingerprint density at radius 2 is 2.05 bits per heavy atom. The Morgan fingerprint density at radius 1 is 1.38 bits per heavy atom. The molecule has 0 saturated carbocycles. The molecule has 1 aromatic carbocycles. The van der Waals surface area contributed by atoms with Gasteiger partial charge >= 0.3 is 5.97 Å². The molecule has 2 heterocycles. The van der Waals surface area contributed by atoms with Gasteiger partial charge in [-0.05, 0) is 31.5 Å².